The molecule has 0 atom stereocenters. The first-order valence-electron chi connectivity index (χ1n) is 4.21. The van der Waals surface area contributed by atoms with Crippen molar-refractivity contribution in [3.05, 3.63) is 12.2 Å². The third-order valence-electron chi connectivity index (χ3n) is 1.64. The monoisotopic (exact) mass is 170 g/mol. The third kappa shape index (κ3) is 3.67. The number of ether oxygens (including phenoxy) is 1. The topological polar surface area (TPSA) is 26.3 Å². The van der Waals surface area contributed by atoms with Crippen LogP contribution in [0.4, 0.5) is 0 Å². The zero-order valence-corrected chi connectivity index (χ0v) is 8.44. The van der Waals surface area contributed by atoms with E-state index >= 15 is 0 Å². The van der Waals surface area contributed by atoms with Crippen LogP contribution >= 0.6 is 0 Å². The second-order valence-corrected chi connectivity index (χ2v) is 3.50. The van der Waals surface area contributed by atoms with Gasteiger partial charge < -0.3 is 4.74 Å². The van der Waals surface area contributed by atoms with E-state index in [1.165, 1.54) is 0 Å². The van der Waals surface area contributed by atoms with Crippen molar-refractivity contribution >= 4 is 5.78 Å². The van der Waals surface area contributed by atoms with Crippen LogP contribution in [0.5, 0.6) is 0 Å². The summed E-state index contributed by atoms with van der Waals surface area (Å²) in [7, 11) is 0. The molecule has 0 saturated heterocycles. The van der Waals surface area contributed by atoms with Gasteiger partial charge in [-0.1, -0.05) is 12.2 Å². The molecule has 0 saturated carbocycles. The molecule has 12 heavy (non-hydrogen) atoms. The fourth-order valence-corrected chi connectivity index (χ4v) is 0.928. The maximum absolute atomic E-state index is 11.5. The number of hydrogen-bond donors (Lipinski definition) is 0. The Morgan fingerprint density at radius 3 is 2.33 bits per heavy atom. The van der Waals surface area contributed by atoms with Crippen molar-refractivity contribution in [3.8, 4) is 0 Å². The molecule has 70 valence electrons. The summed E-state index contributed by atoms with van der Waals surface area (Å²) >= 11 is 0. The van der Waals surface area contributed by atoms with Crippen LogP contribution in [0.3, 0.4) is 0 Å². The quantitative estimate of drug-likeness (QED) is 0.592. The highest BCUT2D eigenvalue weighted by Crippen LogP contribution is 2.14. The molecular formula is C10H18O2. The van der Waals surface area contributed by atoms with E-state index in [1.54, 1.807) is 13.8 Å². The zero-order chi connectivity index (χ0) is 9.78. The van der Waals surface area contributed by atoms with Crippen LogP contribution < -0.4 is 0 Å². The van der Waals surface area contributed by atoms with Gasteiger partial charge in [-0.25, -0.2) is 0 Å². The molecule has 0 N–H and O–H groups in total. The van der Waals surface area contributed by atoms with Crippen molar-refractivity contribution in [2.45, 2.75) is 39.7 Å². The average Bonchev–Trinajstić information content (AvgIpc) is 1.85. The average molecular weight is 170 g/mol. The number of rotatable bonds is 5. The fourth-order valence-electron chi connectivity index (χ4n) is 0.928. The first-order chi connectivity index (χ1) is 5.40. The highest BCUT2D eigenvalue weighted by atomic mass is 16.5. The summed E-state index contributed by atoms with van der Waals surface area (Å²) in [6.45, 7) is 11.6. The van der Waals surface area contributed by atoms with Gasteiger partial charge in [-0.2, -0.15) is 0 Å². The van der Waals surface area contributed by atoms with E-state index in [4.69, 9.17) is 4.74 Å². The summed E-state index contributed by atoms with van der Waals surface area (Å²) < 4.78 is 5.30. The second kappa shape index (κ2) is 4.41. The lowest BCUT2D eigenvalue weighted by Gasteiger charge is -2.22. The van der Waals surface area contributed by atoms with Crippen molar-refractivity contribution in [2.75, 3.05) is 6.61 Å². The molecule has 0 aliphatic carbocycles. The molecule has 2 heteroatoms. The van der Waals surface area contributed by atoms with E-state index in [0.717, 1.165) is 5.57 Å². The summed E-state index contributed by atoms with van der Waals surface area (Å²) in [4.78, 5) is 11.5. The molecule has 0 heterocycles. The molecule has 0 amide bonds. The molecule has 0 aromatic heterocycles. The highest BCUT2D eigenvalue weighted by Gasteiger charge is 2.26. The smallest absolute Gasteiger partial charge is 0.168 e. The van der Waals surface area contributed by atoms with Gasteiger partial charge in [-0.05, 0) is 27.7 Å². The Kier molecular flexibility index (Phi) is 4.18. The second-order valence-electron chi connectivity index (χ2n) is 3.50. The molecule has 0 rings (SSSR count). The van der Waals surface area contributed by atoms with Gasteiger partial charge in [-0.15, -0.1) is 0 Å². The van der Waals surface area contributed by atoms with Gasteiger partial charge in [0.25, 0.3) is 0 Å². The van der Waals surface area contributed by atoms with Gasteiger partial charge in [0, 0.05) is 13.0 Å². The van der Waals surface area contributed by atoms with Crippen LogP contribution in [0.25, 0.3) is 0 Å². The largest absolute Gasteiger partial charge is 0.368 e. The Balaban J connectivity index is 4.15. The molecule has 0 bridgehead atoms. The summed E-state index contributed by atoms with van der Waals surface area (Å²) in [5, 5.41) is 0. The van der Waals surface area contributed by atoms with E-state index in [1.807, 2.05) is 13.8 Å². The maximum atomic E-state index is 11.5. The molecule has 0 aromatic rings. The molecule has 0 aliphatic heterocycles. The first kappa shape index (κ1) is 11.4. The van der Waals surface area contributed by atoms with E-state index < -0.39 is 5.60 Å². The van der Waals surface area contributed by atoms with Crippen molar-refractivity contribution in [3.63, 3.8) is 0 Å². The Morgan fingerprint density at radius 2 is 2.00 bits per heavy atom. The first-order valence-corrected chi connectivity index (χ1v) is 4.21. The summed E-state index contributed by atoms with van der Waals surface area (Å²) in [5.41, 5.74) is 0.223. The lowest BCUT2D eigenvalue weighted by molar-refractivity contribution is -0.139. The lowest BCUT2D eigenvalue weighted by Crippen LogP contribution is -2.35. The van der Waals surface area contributed by atoms with Crippen LogP contribution in [-0.2, 0) is 9.53 Å². The van der Waals surface area contributed by atoms with Gasteiger partial charge in [0.1, 0.15) is 5.60 Å². The number of hydrogen-bond acceptors (Lipinski definition) is 2. The number of allylic oxidation sites excluding steroid dienone is 1. The van der Waals surface area contributed by atoms with Crippen molar-refractivity contribution in [1.82, 2.24) is 0 Å². The Bertz CT molecular complexity index is 180. The SMILES string of the molecule is C=C(C)CC(=O)C(C)(C)OCC. The van der Waals surface area contributed by atoms with Gasteiger partial charge in [0.15, 0.2) is 5.78 Å². The standard InChI is InChI=1S/C10H18O2/c1-6-12-10(4,5)9(11)7-8(2)3/h2,6-7H2,1,3-5H3. The molecule has 0 spiro atoms. The van der Waals surface area contributed by atoms with Crippen LogP contribution in [0.15, 0.2) is 12.2 Å². The van der Waals surface area contributed by atoms with Crippen LogP contribution in [-0.4, -0.2) is 18.0 Å². The number of ketones is 1. The molecule has 0 unspecified atom stereocenters. The van der Waals surface area contributed by atoms with E-state index in [9.17, 15) is 4.79 Å². The minimum Gasteiger partial charge on any atom is -0.368 e. The van der Waals surface area contributed by atoms with Gasteiger partial charge >= 0.3 is 0 Å². The minimum atomic E-state index is -0.659. The Labute approximate surface area is 74.6 Å². The molecule has 0 aliphatic rings. The predicted molar refractivity (Wildman–Crippen MR) is 50.1 cm³/mol. The van der Waals surface area contributed by atoms with E-state index in [0.29, 0.717) is 13.0 Å². The highest BCUT2D eigenvalue weighted by molar-refractivity contribution is 5.88. The normalized spacial score (nSPS) is 11.3. The Hall–Kier alpha value is -0.630. The summed E-state index contributed by atoms with van der Waals surface area (Å²) in [5.74, 6) is 0.0943. The van der Waals surface area contributed by atoms with Gasteiger partial charge in [-0.3, -0.25) is 4.79 Å². The predicted octanol–water partition coefficient (Wildman–Crippen LogP) is 2.34. The van der Waals surface area contributed by atoms with Gasteiger partial charge in [0.2, 0.25) is 0 Å². The summed E-state index contributed by atoms with van der Waals surface area (Å²) in [6, 6.07) is 0. The van der Waals surface area contributed by atoms with E-state index in [2.05, 4.69) is 6.58 Å². The van der Waals surface area contributed by atoms with Crippen LogP contribution in [0, 0.1) is 0 Å². The third-order valence-corrected chi connectivity index (χ3v) is 1.64. The molecule has 2 nitrogen and oxygen atoms in total. The molecule has 0 fully saturated rings. The fraction of sp³-hybridized carbons (Fsp3) is 0.700. The lowest BCUT2D eigenvalue weighted by atomic mass is 9.98. The molecular weight excluding hydrogens is 152 g/mol. The molecule has 0 radical (unpaired) electrons. The number of Topliss-reactive ketones (excluding diaryl/α,β-unsaturated/α-hetero) is 1. The van der Waals surface area contributed by atoms with Crippen LogP contribution in [0.1, 0.15) is 34.1 Å². The van der Waals surface area contributed by atoms with Crippen molar-refractivity contribution < 1.29 is 9.53 Å². The van der Waals surface area contributed by atoms with Crippen molar-refractivity contribution in [2.24, 2.45) is 0 Å². The number of carbonyl (C=O) groups excluding carboxylic acids is 1. The summed E-state index contributed by atoms with van der Waals surface area (Å²) in [6.07, 6.45) is 0.410. The molecule has 0 aromatic carbocycles. The van der Waals surface area contributed by atoms with Crippen molar-refractivity contribution in [1.29, 1.82) is 0 Å². The zero-order valence-electron chi connectivity index (χ0n) is 8.44. The van der Waals surface area contributed by atoms with Crippen LogP contribution in [0.2, 0.25) is 0 Å². The maximum Gasteiger partial charge on any atom is 0.168 e. The van der Waals surface area contributed by atoms with Gasteiger partial charge in [0.05, 0.1) is 0 Å². The minimum absolute atomic E-state index is 0.0943. The van der Waals surface area contributed by atoms with E-state index in [-0.39, 0.29) is 5.78 Å². The number of carbonyl (C=O) groups is 1. The Morgan fingerprint density at radius 1 is 1.50 bits per heavy atom.